The van der Waals surface area contributed by atoms with E-state index in [-0.39, 0.29) is 19.9 Å². The van der Waals surface area contributed by atoms with E-state index >= 15 is 0 Å². The summed E-state index contributed by atoms with van der Waals surface area (Å²) in [6, 6.07) is 0. The van der Waals surface area contributed by atoms with Gasteiger partial charge in [-0.3, -0.25) is 4.74 Å². The average Bonchev–Trinajstić information content (AvgIpc) is 2.56. The molecule has 1 atom stereocenters. The molecule has 4 nitrogen and oxygen atoms in total. The molecule has 1 fully saturated rings. The molecule has 24 heavy (non-hydrogen) atoms. The van der Waals surface area contributed by atoms with Crippen LogP contribution in [0.15, 0.2) is 12.7 Å². The number of carbonyl (C=O) groups is 1. The lowest BCUT2D eigenvalue weighted by atomic mass is 9.84. The van der Waals surface area contributed by atoms with Crippen LogP contribution in [0.1, 0.15) is 13.8 Å². The molecule has 1 unspecified atom stereocenters. The van der Waals surface area contributed by atoms with Crippen molar-refractivity contribution >= 4 is 5.97 Å². The lowest BCUT2D eigenvalue weighted by Gasteiger charge is -2.39. The minimum Gasteiger partial charge on any atom is -0.397 e. The highest BCUT2D eigenvalue weighted by atomic mass is 19.4. The molecule has 1 heterocycles. The van der Waals surface area contributed by atoms with Gasteiger partial charge in [0, 0.05) is 6.08 Å². The van der Waals surface area contributed by atoms with Gasteiger partial charge in [0.2, 0.25) is 0 Å². The van der Waals surface area contributed by atoms with Gasteiger partial charge in [-0.25, -0.2) is 4.79 Å². The molecule has 0 aliphatic carbocycles. The number of hydrogen-bond donors (Lipinski definition) is 0. The number of carbonyl (C=O) groups excluding carboxylic acids is 1. The molecule has 0 aromatic heterocycles. The van der Waals surface area contributed by atoms with Crippen molar-refractivity contribution in [1.82, 2.24) is 0 Å². The second kappa shape index (κ2) is 5.25. The van der Waals surface area contributed by atoms with Gasteiger partial charge >= 0.3 is 30.5 Å². The maximum atomic E-state index is 13.1. The molecule has 1 aliphatic heterocycles. The van der Waals surface area contributed by atoms with E-state index < -0.39 is 41.7 Å². The molecule has 0 aromatic carbocycles. The van der Waals surface area contributed by atoms with Crippen molar-refractivity contribution in [2.24, 2.45) is 0 Å². The Hall–Kier alpha value is -1.50. The molecule has 13 heteroatoms. The first kappa shape index (κ1) is 20.5. The first-order chi connectivity index (χ1) is 10.4. The van der Waals surface area contributed by atoms with Crippen LogP contribution in [0.3, 0.4) is 0 Å². The van der Waals surface area contributed by atoms with Gasteiger partial charge in [0.15, 0.2) is 0 Å². The van der Waals surface area contributed by atoms with Crippen LogP contribution in [0.2, 0.25) is 0 Å². The van der Waals surface area contributed by atoms with E-state index in [1.165, 1.54) is 0 Å². The SMILES string of the molecule is C=CC(=O)OC1(C(F)(F)F)OC(C)(C)C(C(F)(F)F)(C(F)(F)F)O1. The van der Waals surface area contributed by atoms with Gasteiger partial charge in [-0.15, -0.1) is 0 Å². The highest BCUT2D eigenvalue weighted by Gasteiger charge is 2.90. The summed E-state index contributed by atoms with van der Waals surface area (Å²) in [6.45, 7) is 2.83. The smallest absolute Gasteiger partial charge is 0.397 e. The molecule has 1 rings (SSSR count). The normalized spacial score (nSPS) is 27.0. The third kappa shape index (κ3) is 2.72. The largest absolute Gasteiger partial charge is 0.486 e. The summed E-state index contributed by atoms with van der Waals surface area (Å²) in [5, 5.41) is 0. The fraction of sp³-hybridized carbons (Fsp3) is 0.727. The Labute approximate surface area is 128 Å². The van der Waals surface area contributed by atoms with Crippen molar-refractivity contribution in [3.63, 3.8) is 0 Å². The molecular weight excluding hydrogens is 367 g/mol. The summed E-state index contributed by atoms with van der Waals surface area (Å²) in [5.41, 5.74) is -9.07. The van der Waals surface area contributed by atoms with Crippen LogP contribution in [0.5, 0.6) is 0 Å². The Bertz CT molecular complexity index is 517. The molecule has 1 aliphatic rings. The maximum Gasteiger partial charge on any atom is 0.486 e. The molecule has 0 aromatic rings. The van der Waals surface area contributed by atoms with Crippen molar-refractivity contribution in [3.8, 4) is 0 Å². The second-order valence-corrected chi connectivity index (χ2v) is 5.07. The fourth-order valence-electron chi connectivity index (χ4n) is 2.10. The van der Waals surface area contributed by atoms with E-state index in [2.05, 4.69) is 20.8 Å². The molecule has 140 valence electrons. The van der Waals surface area contributed by atoms with Gasteiger partial charge in [0.05, 0.1) is 0 Å². The standard InChI is InChI=1S/C11H9F9O4/c1-4-5(21)22-11(10(18,19)20)23-6(2,3)7(24-11,8(12,13)14)9(15,16)17/h4H,1H2,2-3H3. The predicted octanol–water partition coefficient (Wildman–Crippen LogP) is 3.62. The summed E-state index contributed by atoms with van der Waals surface area (Å²) in [7, 11) is 0. The summed E-state index contributed by atoms with van der Waals surface area (Å²) < 4.78 is 129. The van der Waals surface area contributed by atoms with Gasteiger partial charge in [0.25, 0.3) is 5.60 Å². The molecule has 0 N–H and O–H groups in total. The van der Waals surface area contributed by atoms with Crippen LogP contribution in [-0.2, 0) is 19.0 Å². The van der Waals surface area contributed by atoms with E-state index in [4.69, 9.17) is 0 Å². The van der Waals surface area contributed by atoms with Gasteiger partial charge in [-0.05, 0) is 13.8 Å². The van der Waals surface area contributed by atoms with Gasteiger partial charge in [-0.1, -0.05) is 6.58 Å². The van der Waals surface area contributed by atoms with Crippen LogP contribution >= 0.6 is 0 Å². The summed E-state index contributed by atoms with van der Waals surface area (Å²) in [4.78, 5) is 11.0. The fourth-order valence-corrected chi connectivity index (χ4v) is 2.10. The van der Waals surface area contributed by atoms with Gasteiger partial charge < -0.3 is 9.47 Å². The average molecular weight is 376 g/mol. The van der Waals surface area contributed by atoms with E-state index in [9.17, 15) is 44.3 Å². The summed E-state index contributed by atoms with van der Waals surface area (Å²) in [5.74, 6) is -6.93. The zero-order valence-corrected chi connectivity index (χ0v) is 11.8. The quantitative estimate of drug-likeness (QED) is 0.420. The number of hydrogen-bond acceptors (Lipinski definition) is 4. The predicted molar refractivity (Wildman–Crippen MR) is 56.2 cm³/mol. The third-order valence-corrected chi connectivity index (χ3v) is 3.07. The van der Waals surface area contributed by atoms with Crippen molar-refractivity contribution in [2.75, 3.05) is 0 Å². The van der Waals surface area contributed by atoms with Gasteiger partial charge in [0.1, 0.15) is 5.60 Å². The van der Waals surface area contributed by atoms with E-state index in [1.807, 2.05) is 0 Å². The first-order valence-electron chi connectivity index (χ1n) is 5.83. The lowest BCUT2D eigenvalue weighted by Crippen LogP contribution is -2.67. The Morgan fingerprint density at radius 2 is 1.33 bits per heavy atom. The minimum atomic E-state index is -6.39. The molecule has 0 radical (unpaired) electrons. The maximum absolute atomic E-state index is 13.1. The molecular formula is C11H9F9O4. The van der Waals surface area contributed by atoms with E-state index in [0.717, 1.165) is 0 Å². The lowest BCUT2D eigenvalue weighted by molar-refractivity contribution is -0.472. The van der Waals surface area contributed by atoms with Crippen LogP contribution in [0.4, 0.5) is 39.5 Å². The number of esters is 1. The van der Waals surface area contributed by atoms with Crippen molar-refractivity contribution in [3.05, 3.63) is 12.7 Å². The van der Waals surface area contributed by atoms with E-state index in [0.29, 0.717) is 0 Å². The highest BCUT2D eigenvalue weighted by molar-refractivity contribution is 5.81. The van der Waals surface area contributed by atoms with Crippen LogP contribution in [0, 0.1) is 0 Å². The molecule has 0 amide bonds. The van der Waals surface area contributed by atoms with Crippen LogP contribution in [-0.4, -0.2) is 41.7 Å². The first-order valence-corrected chi connectivity index (χ1v) is 5.83. The Kier molecular flexibility index (Phi) is 4.49. The third-order valence-electron chi connectivity index (χ3n) is 3.07. The monoisotopic (exact) mass is 376 g/mol. The topological polar surface area (TPSA) is 44.8 Å². The second-order valence-electron chi connectivity index (χ2n) is 5.07. The molecule has 0 spiro atoms. The zero-order valence-electron chi connectivity index (χ0n) is 11.8. The number of alkyl halides is 9. The highest BCUT2D eigenvalue weighted by Crippen LogP contribution is 2.62. The van der Waals surface area contributed by atoms with E-state index in [1.54, 1.807) is 0 Å². The summed E-state index contributed by atoms with van der Waals surface area (Å²) in [6.07, 6.45) is -18.8. The van der Waals surface area contributed by atoms with Crippen molar-refractivity contribution in [1.29, 1.82) is 0 Å². The summed E-state index contributed by atoms with van der Waals surface area (Å²) >= 11 is 0. The van der Waals surface area contributed by atoms with Crippen molar-refractivity contribution in [2.45, 2.75) is 49.6 Å². The van der Waals surface area contributed by atoms with Crippen molar-refractivity contribution < 1.29 is 58.5 Å². The Morgan fingerprint density at radius 3 is 1.58 bits per heavy atom. The van der Waals surface area contributed by atoms with Gasteiger partial charge in [-0.2, -0.15) is 39.5 Å². The number of halogens is 9. The zero-order chi connectivity index (χ0) is 19.4. The minimum absolute atomic E-state index is 0.0726. The number of rotatable bonds is 2. The molecule has 0 saturated carbocycles. The molecule has 1 saturated heterocycles. The Balaban J connectivity index is 3.68. The van der Waals surface area contributed by atoms with Crippen LogP contribution in [0.25, 0.3) is 0 Å². The number of ether oxygens (including phenoxy) is 3. The Morgan fingerprint density at radius 1 is 0.917 bits per heavy atom. The molecule has 0 bridgehead atoms. The van der Waals surface area contributed by atoms with Crippen LogP contribution < -0.4 is 0 Å².